The lowest BCUT2D eigenvalue weighted by atomic mass is 9.99. The molecule has 0 aromatic heterocycles. The van der Waals surface area contributed by atoms with Crippen molar-refractivity contribution in [2.45, 2.75) is 24.8 Å². The third-order valence-electron chi connectivity index (χ3n) is 7.95. The van der Waals surface area contributed by atoms with Gasteiger partial charge in [-0.2, -0.15) is 0 Å². The number of nitrogens with zero attached hydrogens (tertiary/aromatic N) is 1. The Hall–Kier alpha value is -4.70. The van der Waals surface area contributed by atoms with Gasteiger partial charge in [0.2, 0.25) is 0 Å². The van der Waals surface area contributed by atoms with Crippen molar-refractivity contribution in [1.82, 2.24) is 10.6 Å². The number of alkyl halides is 2. The van der Waals surface area contributed by atoms with Gasteiger partial charge in [-0.15, -0.1) is 12.4 Å². The number of hydrogen-bond acceptors (Lipinski definition) is 5. The molecule has 0 spiro atoms. The second-order valence-corrected chi connectivity index (χ2v) is 11.2. The predicted molar refractivity (Wildman–Crippen MR) is 178 cm³/mol. The van der Waals surface area contributed by atoms with Gasteiger partial charge >= 0.3 is 0 Å². The standard InChI is InChI=1S/C36H32F2N4O3.ClH/c37-36(38)21-26-10-4-7-13-32(26)42(28(22-36)20-33(43)31-23-39-18-19-40-31)35(45)25-14-16-27(17-15-25)41-34(44)30-12-6-5-11-29(30)24-8-2-1-3-9-24;/h1-17,20,31,39-40H,18-19,21-23H2,(H,41,44);1H. The molecule has 10 heteroatoms. The van der Waals surface area contributed by atoms with Crippen LogP contribution >= 0.6 is 12.4 Å². The van der Waals surface area contributed by atoms with E-state index in [0.717, 1.165) is 11.1 Å². The molecule has 1 saturated heterocycles. The normalized spacial score (nSPS) is 18.1. The molecule has 2 aliphatic heterocycles. The van der Waals surface area contributed by atoms with E-state index in [1.54, 1.807) is 60.7 Å². The molecule has 7 nitrogen and oxygen atoms in total. The summed E-state index contributed by atoms with van der Waals surface area (Å²) in [5.41, 5.74) is 3.42. The minimum Gasteiger partial charge on any atom is -0.322 e. The number of allylic oxidation sites excluding steroid dienone is 1. The average Bonchev–Trinajstić information content (AvgIpc) is 3.17. The molecule has 1 atom stereocenters. The van der Waals surface area contributed by atoms with Gasteiger partial charge in [-0.1, -0.05) is 66.7 Å². The molecule has 46 heavy (non-hydrogen) atoms. The second kappa shape index (κ2) is 14.2. The number of para-hydroxylation sites is 1. The number of anilines is 2. The monoisotopic (exact) mass is 642 g/mol. The fraction of sp³-hybridized carbons (Fsp3) is 0.194. The number of nitrogens with one attached hydrogen (secondary N) is 3. The first kappa shape index (κ1) is 32.7. The van der Waals surface area contributed by atoms with Crippen molar-refractivity contribution in [3.63, 3.8) is 0 Å². The highest BCUT2D eigenvalue weighted by molar-refractivity contribution is 6.11. The van der Waals surface area contributed by atoms with Crippen LogP contribution in [0.15, 0.2) is 115 Å². The zero-order chi connectivity index (χ0) is 31.4. The van der Waals surface area contributed by atoms with Crippen LogP contribution in [0.4, 0.5) is 20.2 Å². The Morgan fingerprint density at radius 1 is 0.826 bits per heavy atom. The minimum atomic E-state index is -3.17. The smallest absolute Gasteiger partial charge is 0.262 e. The molecular weight excluding hydrogens is 610 g/mol. The number of hydrogen-bond donors (Lipinski definition) is 3. The Morgan fingerprint density at radius 3 is 2.26 bits per heavy atom. The van der Waals surface area contributed by atoms with Gasteiger partial charge in [0.1, 0.15) is 0 Å². The highest BCUT2D eigenvalue weighted by Gasteiger charge is 2.40. The van der Waals surface area contributed by atoms with Crippen LogP contribution in [0, 0.1) is 0 Å². The highest BCUT2D eigenvalue weighted by atomic mass is 35.5. The zero-order valence-corrected chi connectivity index (χ0v) is 25.7. The predicted octanol–water partition coefficient (Wildman–Crippen LogP) is 6.27. The van der Waals surface area contributed by atoms with Crippen molar-refractivity contribution in [3.8, 4) is 11.1 Å². The van der Waals surface area contributed by atoms with Crippen molar-refractivity contribution in [2.24, 2.45) is 0 Å². The molecule has 6 rings (SSSR count). The number of carbonyl (C=O) groups excluding carboxylic acids is 3. The molecule has 0 aliphatic carbocycles. The Morgan fingerprint density at radius 2 is 1.52 bits per heavy atom. The van der Waals surface area contributed by atoms with Gasteiger partial charge in [0.05, 0.1) is 18.2 Å². The molecular formula is C36H33ClF2N4O3. The number of carbonyl (C=O) groups is 3. The van der Waals surface area contributed by atoms with E-state index >= 15 is 8.78 Å². The molecule has 3 N–H and O–H groups in total. The van der Waals surface area contributed by atoms with Crippen molar-refractivity contribution < 1.29 is 23.2 Å². The summed E-state index contributed by atoms with van der Waals surface area (Å²) in [7, 11) is 0. The first-order valence-corrected chi connectivity index (χ1v) is 14.8. The minimum absolute atomic E-state index is 0. The van der Waals surface area contributed by atoms with Gasteiger partial charge in [0.25, 0.3) is 17.7 Å². The molecule has 0 saturated carbocycles. The van der Waals surface area contributed by atoms with Crippen LogP contribution in [0.5, 0.6) is 0 Å². The van der Waals surface area contributed by atoms with E-state index in [-0.39, 0.29) is 35.4 Å². The third kappa shape index (κ3) is 7.23. The van der Waals surface area contributed by atoms with Gasteiger partial charge in [-0.3, -0.25) is 19.3 Å². The van der Waals surface area contributed by atoms with E-state index in [1.165, 1.54) is 11.0 Å². The van der Waals surface area contributed by atoms with Crippen LogP contribution in [0.25, 0.3) is 11.1 Å². The van der Waals surface area contributed by atoms with E-state index in [1.807, 2.05) is 42.5 Å². The Labute approximate surface area is 272 Å². The molecule has 236 valence electrons. The molecule has 2 aliphatic rings. The Kier molecular flexibility index (Phi) is 10.1. The summed E-state index contributed by atoms with van der Waals surface area (Å²) < 4.78 is 30.4. The first-order valence-electron chi connectivity index (χ1n) is 14.8. The number of fused-ring (bicyclic) bond motifs is 1. The molecule has 0 radical (unpaired) electrons. The van der Waals surface area contributed by atoms with Crippen molar-refractivity contribution in [3.05, 3.63) is 132 Å². The number of halogens is 3. The summed E-state index contributed by atoms with van der Waals surface area (Å²) in [6.07, 6.45) is -0.150. The van der Waals surface area contributed by atoms with Crippen molar-refractivity contribution in [2.75, 3.05) is 29.9 Å². The maximum absolute atomic E-state index is 15.2. The van der Waals surface area contributed by atoms with Gasteiger partial charge in [0, 0.05) is 54.6 Å². The van der Waals surface area contributed by atoms with E-state index in [0.29, 0.717) is 42.1 Å². The maximum atomic E-state index is 15.2. The summed E-state index contributed by atoms with van der Waals surface area (Å²) in [6.45, 7) is 1.64. The molecule has 4 aromatic rings. The second-order valence-electron chi connectivity index (χ2n) is 11.2. The fourth-order valence-corrected chi connectivity index (χ4v) is 5.77. The first-order chi connectivity index (χ1) is 21.8. The van der Waals surface area contributed by atoms with Crippen LogP contribution in [-0.2, 0) is 11.2 Å². The quantitative estimate of drug-likeness (QED) is 0.216. The lowest BCUT2D eigenvalue weighted by molar-refractivity contribution is -0.116. The van der Waals surface area contributed by atoms with Crippen LogP contribution < -0.4 is 20.9 Å². The topological polar surface area (TPSA) is 90.5 Å². The van der Waals surface area contributed by atoms with Crippen LogP contribution in [0.2, 0.25) is 0 Å². The summed E-state index contributed by atoms with van der Waals surface area (Å²) >= 11 is 0. The summed E-state index contributed by atoms with van der Waals surface area (Å²) in [5.74, 6) is -4.41. The largest absolute Gasteiger partial charge is 0.322 e. The molecule has 1 unspecified atom stereocenters. The van der Waals surface area contributed by atoms with E-state index in [4.69, 9.17) is 0 Å². The zero-order valence-electron chi connectivity index (χ0n) is 24.8. The average molecular weight is 643 g/mol. The van der Waals surface area contributed by atoms with Gasteiger partial charge in [0.15, 0.2) is 5.78 Å². The number of piperazine rings is 1. The van der Waals surface area contributed by atoms with Crippen molar-refractivity contribution >= 4 is 41.4 Å². The number of benzene rings is 4. The van der Waals surface area contributed by atoms with Crippen LogP contribution in [-0.4, -0.2) is 49.2 Å². The summed E-state index contributed by atoms with van der Waals surface area (Å²) in [4.78, 5) is 41.8. The van der Waals surface area contributed by atoms with E-state index in [9.17, 15) is 14.4 Å². The molecule has 4 aromatic carbocycles. The maximum Gasteiger partial charge on any atom is 0.262 e. The summed E-state index contributed by atoms with van der Waals surface area (Å²) in [6, 6.07) is 29.1. The fourth-order valence-electron chi connectivity index (χ4n) is 5.77. The van der Waals surface area contributed by atoms with E-state index < -0.39 is 30.7 Å². The van der Waals surface area contributed by atoms with E-state index in [2.05, 4.69) is 16.0 Å². The lowest BCUT2D eigenvalue weighted by Gasteiger charge is -2.27. The molecule has 0 bridgehead atoms. The van der Waals surface area contributed by atoms with Gasteiger partial charge in [-0.25, -0.2) is 8.78 Å². The number of ketones is 1. The van der Waals surface area contributed by atoms with Crippen LogP contribution in [0.3, 0.4) is 0 Å². The number of amides is 2. The lowest BCUT2D eigenvalue weighted by Crippen LogP contribution is -2.52. The molecule has 2 heterocycles. The Bertz CT molecular complexity index is 1760. The van der Waals surface area contributed by atoms with Crippen molar-refractivity contribution in [1.29, 1.82) is 0 Å². The Balaban J connectivity index is 0.00000417. The molecule has 2 amide bonds. The summed E-state index contributed by atoms with van der Waals surface area (Å²) in [5, 5.41) is 9.12. The van der Waals surface area contributed by atoms with Crippen LogP contribution in [0.1, 0.15) is 32.7 Å². The SMILES string of the molecule is Cl.O=C(Nc1ccc(C(=O)N2C(=CC(=O)C3CNCCN3)CC(F)(F)Cc3ccccc32)cc1)c1ccccc1-c1ccccc1. The van der Waals surface area contributed by atoms with Gasteiger partial charge in [-0.05, 0) is 53.1 Å². The van der Waals surface area contributed by atoms with Gasteiger partial charge < -0.3 is 16.0 Å². The highest BCUT2D eigenvalue weighted by Crippen LogP contribution is 2.40. The molecule has 1 fully saturated rings. The third-order valence-corrected chi connectivity index (χ3v) is 7.95. The number of rotatable bonds is 6.